The second-order valence-corrected chi connectivity index (χ2v) is 5.67. The minimum Gasteiger partial charge on any atom is -0.459 e. The molecular formula is C8H17O2P. The van der Waals surface area contributed by atoms with Crippen molar-refractivity contribution >= 4 is 15.2 Å². The molecule has 0 aromatic heterocycles. The second kappa shape index (κ2) is 3.10. The first kappa shape index (κ1) is 10.9. The lowest BCUT2D eigenvalue weighted by Gasteiger charge is -2.25. The zero-order valence-electron chi connectivity index (χ0n) is 7.89. The van der Waals surface area contributed by atoms with Crippen LogP contribution in [-0.4, -0.2) is 16.7 Å². The maximum Gasteiger partial charge on any atom is 0.315 e. The highest BCUT2D eigenvalue weighted by molar-refractivity contribution is 7.20. The van der Waals surface area contributed by atoms with Crippen LogP contribution in [0.25, 0.3) is 0 Å². The van der Waals surface area contributed by atoms with Crippen LogP contribution in [0.1, 0.15) is 34.6 Å². The van der Waals surface area contributed by atoms with Gasteiger partial charge in [0, 0.05) is 0 Å². The number of esters is 1. The van der Waals surface area contributed by atoms with Crippen molar-refractivity contribution in [3.63, 3.8) is 0 Å². The zero-order valence-corrected chi connectivity index (χ0v) is 9.05. The number of hydrogen-bond donors (Lipinski definition) is 0. The fraction of sp³-hybridized carbons (Fsp3) is 0.875. The normalized spacial score (nSPS) is 12.9. The Hall–Kier alpha value is -0.100. The molecule has 0 N–H and O–H groups in total. The highest BCUT2D eigenvalue weighted by Crippen LogP contribution is 2.21. The molecule has 0 aromatic carbocycles. The van der Waals surface area contributed by atoms with Crippen LogP contribution in [0.15, 0.2) is 0 Å². The molecule has 11 heavy (non-hydrogen) atoms. The second-order valence-electron chi connectivity index (χ2n) is 4.22. The molecule has 0 rings (SSSR count). The molecular weight excluding hydrogens is 159 g/mol. The predicted molar refractivity (Wildman–Crippen MR) is 49.6 cm³/mol. The lowest BCUT2D eigenvalue weighted by atomic mass is 10.1. The van der Waals surface area contributed by atoms with Crippen molar-refractivity contribution in [1.82, 2.24) is 0 Å². The van der Waals surface area contributed by atoms with Crippen LogP contribution < -0.4 is 0 Å². The largest absolute Gasteiger partial charge is 0.459 e. The molecule has 0 aromatic rings. The Bertz CT molecular complexity index is 150. The van der Waals surface area contributed by atoms with Crippen LogP contribution in [-0.2, 0) is 9.53 Å². The summed E-state index contributed by atoms with van der Waals surface area (Å²) in [5.74, 6) is -0.185. The molecule has 0 aliphatic carbocycles. The molecule has 2 nitrogen and oxygen atoms in total. The van der Waals surface area contributed by atoms with Gasteiger partial charge in [-0.1, -0.05) is 0 Å². The van der Waals surface area contributed by atoms with Gasteiger partial charge in [-0.05, 0) is 34.6 Å². The van der Waals surface area contributed by atoms with Gasteiger partial charge in [0.15, 0.2) is 0 Å². The van der Waals surface area contributed by atoms with Crippen molar-refractivity contribution in [1.29, 1.82) is 0 Å². The summed E-state index contributed by atoms with van der Waals surface area (Å²) in [4.78, 5) is 11.2. The third-order valence-corrected chi connectivity index (χ3v) is 1.16. The maximum atomic E-state index is 11.2. The molecule has 0 heterocycles. The van der Waals surface area contributed by atoms with Gasteiger partial charge in [0.2, 0.25) is 0 Å². The zero-order chi connectivity index (χ0) is 9.28. The van der Waals surface area contributed by atoms with Gasteiger partial charge in [0.25, 0.3) is 0 Å². The number of carbonyl (C=O) groups is 1. The number of rotatable bonds is 1. The van der Waals surface area contributed by atoms with Crippen LogP contribution in [0.2, 0.25) is 0 Å². The summed E-state index contributed by atoms with van der Waals surface area (Å²) in [5.41, 5.74) is -0.384. The molecule has 0 saturated carbocycles. The van der Waals surface area contributed by atoms with E-state index in [9.17, 15) is 4.79 Å². The molecule has 0 bridgehead atoms. The van der Waals surface area contributed by atoms with E-state index in [1.54, 1.807) is 0 Å². The maximum absolute atomic E-state index is 11.2. The van der Waals surface area contributed by atoms with E-state index in [1.807, 2.05) is 34.6 Å². The van der Waals surface area contributed by atoms with Crippen LogP contribution in [0.5, 0.6) is 0 Å². The number of hydrogen-bond acceptors (Lipinski definition) is 2. The fourth-order valence-corrected chi connectivity index (χ4v) is 0.469. The van der Waals surface area contributed by atoms with E-state index in [2.05, 4.69) is 9.24 Å². The first-order chi connectivity index (χ1) is 4.63. The van der Waals surface area contributed by atoms with Crippen molar-refractivity contribution in [3.05, 3.63) is 0 Å². The molecule has 3 heteroatoms. The average molecular weight is 176 g/mol. The summed E-state index contributed by atoms with van der Waals surface area (Å²) in [5, 5.41) is -0.479. The summed E-state index contributed by atoms with van der Waals surface area (Å²) in [7, 11) is 2.46. The van der Waals surface area contributed by atoms with Crippen molar-refractivity contribution < 1.29 is 9.53 Å². The van der Waals surface area contributed by atoms with Gasteiger partial charge in [0.1, 0.15) is 5.60 Å². The highest BCUT2D eigenvalue weighted by Gasteiger charge is 2.27. The lowest BCUT2D eigenvalue weighted by Crippen LogP contribution is -2.34. The molecule has 1 atom stereocenters. The highest BCUT2D eigenvalue weighted by atomic mass is 31.0. The number of carbonyl (C=O) groups excluding carboxylic acids is 1. The van der Waals surface area contributed by atoms with Gasteiger partial charge < -0.3 is 4.74 Å². The van der Waals surface area contributed by atoms with E-state index in [4.69, 9.17) is 4.74 Å². The van der Waals surface area contributed by atoms with Gasteiger partial charge in [-0.3, -0.25) is 4.79 Å². The Labute approximate surface area is 70.9 Å². The Balaban J connectivity index is 4.11. The molecule has 0 aliphatic heterocycles. The van der Waals surface area contributed by atoms with Crippen molar-refractivity contribution in [2.75, 3.05) is 0 Å². The Morgan fingerprint density at radius 2 is 1.55 bits per heavy atom. The van der Waals surface area contributed by atoms with Crippen molar-refractivity contribution in [3.8, 4) is 0 Å². The molecule has 1 unspecified atom stereocenters. The van der Waals surface area contributed by atoms with Crippen LogP contribution in [0.3, 0.4) is 0 Å². The Morgan fingerprint density at radius 1 is 1.18 bits per heavy atom. The number of ether oxygens (including phenoxy) is 1. The molecule has 0 spiro atoms. The first-order valence-corrected chi connectivity index (χ1v) is 4.23. The summed E-state index contributed by atoms with van der Waals surface area (Å²) in [6.07, 6.45) is 0. The van der Waals surface area contributed by atoms with Crippen LogP contribution in [0.4, 0.5) is 0 Å². The van der Waals surface area contributed by atoms with E-state index in [1.165, 1.54) is 0 Å². The van der Waals surface area contributed by atoms with E-state index in [0.29, 0.717) is 0 Å². The standard InChI is InChI=1S/C8H17O2P/c1-7(2,3)10-6(9)8(4,5)11/h11H2,1-5H3. The van der Waals surface area contributed by atoms with Gasteiger partial charge >= 0.3 is 5.97 Å². The first-order valence-electron chi connectivity index (χ1n) is 3.65. The third-order valence-electron chi connectivity index (χ3n) is 0.925. The predicted octanol–water partition coefficient (Wildman–Crippen LogP) is 1.98. The van der Waals surface area contributed by atoms with Crippen molar-refractivity contribution in [2.45, 2.75) is 45.4 Å². The molecule has 66 valence electrons. The van der Waals surface area contributed by atoms with E-state index in [-0.39, 0.29) is 11.6 Å². The monoisotopic (exact) mass is 176 g/mol. The molecule has 0 aliphatic rings. The average Bonchev–Trinajstić information content (AvgIpc) is 1.56. The Kier molecular flexibility index (Phi) is 3.07. The lowest BCUT2D eigenvalue weighted by molar-refractivity contribution is -0.156. The third kappa shape index (κ3) is 5.20. The van der Waals surface area contributed by atoms with Gasteiger partial charge in [-0.15, -0.1) is 9.24 Å². The van der Waals surface area contributed by atoms with E-state index >= 15 is 0 Å². The SMILES string of the molecule is CC(C)(C)OC(=O)C(C)(C)P. The van der Waals surface area contributed by atoms with Crippen molar-refractivity contribution in [2.24, 2.45) is 0 Å². The van der Waals surface area contributed by atoms with Crippen LogP contribution >= 0.6 is 9.24 Å². The van der Waals surface area contributed by atoms with Gasteiger partial charge in [-0.2, -0.15) is 0 Å². The molecule has 0 radical (unpaired) electrons. The Morgan fingerprint density at radius 3 is 1.64 bits per heavy atom. The van der Waals surface area contributed by atoms with Gasteiger partial charge in [-0.25, -0.2) is 0 Å². The topological polar surface area (TPSA) is 26.3 Å². The van der Waals surface area contributed by atoms with E-state index < -0.39 is 5.16 Å². The summed E-state index contributed by atoms with van der Waals surface area (Å²) < 4.78 is 5.14. The molecule has 0 saturated heterocycles. The molecule has 0 amide bonds. The summed E-state index contributed by atoms with van der Waals surface area (Å²) in [6.45, 7) is 9.21. The summed E-state index contributed by atoms with van der Waals surface area (Å²) >= 11 is 0. The quantitative estimate of drug-likeness (QED) is 0.451. The van der Waals surface area contributed by atoms with Gasteiger partial charge in [0.05, 0.1) is 5.16 Å². The summed E-state index contributed by atoms with van der Waals surface area (Å²) in [6, 6.07) is 0. The van der Waals surface area contributed by atoms with Crippen LogP contribution in [0, 0.1) is 0 Å². The molecule has 0 fully saturated rings. The smallest absolute Gasteiger partial charge is 0.315 e. The minimum atomic E-state index is -0.479. The fourth-order valence-electron chi connectivity index (χ4n) is 0.410. The van der Waals surface area contributed by atoms with E-state index in [0.717, 1.165) is 0 Å². The minimum absolute atomic E-state index is 0.185.